The highest BCUT2D eigenvalue weighted by Gasteiger charge is 2.07. The van der Waals surface area contributed by atoms with Gasteiger partial charge < -0.3 is 9.84 Å². The lowest BCUT2D eigenvalue weighted by Gasteiger charge is -1.97. The van der Waals surface area contributed by atoms with Crippen LogP contribution in [0.5, 0.6) is 0 Å². The van der Waals surface area contributed by atoms with Gasteiger partial charge in [-0.3, -0.25) is 9.59 Å². The average Bonchev–Trinajstić information content (AvgIpc) is 2.48. The number of carbonyl (C=O) groups is 2. The van der Waals surface area contributed by atoms with Crippen LogP contribution in [-0.4, -0.2) is 21.9 Å². The molecule has 1 heterocycles. The molecule has 1 rings (SSSR count). The van der Waals surface area contributed by atoms with Gasteiger partial charge in [-0.15, -0.1) is 0 Å². The van der Waals surface area contributed by atoms with Crippen LogP contribution in [0.1, 0.15) is 12.7 Å². The van der Waals surface area contributed by atoms with E-state index < -0.39 is 0 Å². The minimum Gasteiger partial charge on any atom is -0.360 e. The van der Waals surface area contributed by atoms with Gasteiger partial charge in [0.25, 0.3) is 0 Å². The number of hydrogen-bond donors (Lipinski definition) is 1. The van der Waals surface area contributed by atoms with Crippen molar-refractivity contribution in [2.24, 2.45) is 0 Å². The Bertz CT molecular complexity index is 348. The van der Waals surface area contributed by atoms with E-state index in [-0.39, 0.29) is 16.8 Å². The summed E-state index contributed by atoms with van der Waals surface area (Å²) in [5.74, 6) is 0.830. The highest BCUT2D eigenvalue weighted by molar-refractivity contribution is 8.14. The van der Waals surface area contributed by atoms with Gasteiger partial charge in [0.05, 0.1) is 5.75 Å². The predicted octanol–water partition coefficient (Wildman–Crippen LogP) is 1.20. The Morgan fingerprint density at radius 2 is 2.36 bits per heavy atom. The molecule has 0 aromatic carbocycles. The highest BCUT2D eigenvalue weighted by atomic mass is 32.2. The number of nitrogens with one attached hydrogen (secondary N) is 1. The van der Waals surface area contributed by atoms with Gasteiger partial charge in [-0.25, -0.2) is 0 Å². The van der Waals surface area contributed by atoms with Crippen molar-refractivity contribution < 1.29 is 14.1 Å². The van der Waals surface area contributed by atoms with Crippen molar-refractivity contribution in [1.29, 1.82) is 0 Å². The first kappa shape index (κ1) is 10.8. The Labute approximate surface area is 85.2 Å². The Balaban J connectivity index is 2.37. The summed E-state index contributed by atoms with van der Waals surface area (Å²) in [4.78, 5) is 21.7. The van der Waals surface area contributed by atoms with Gasteiger partial charge in [0.15, 0.2) is 10.9 Å². The van der Waals surface area contributed by atoms with Gasteiger partial charge in [-0.2, -0.15) is 0 Å². The standard InChI is InChI=1S/C8H10N2O3S/c1-5-3-7(10-13-5)9-8(12)4-14-6(2)11/h3H,4H2,1-2H3,(H,9,10,12). The Hall–Kier alpha value is -1.30. The van der Waals surface area contributed by atoms with E-state index in [1.54, 1.807) is 13.0 Å². The molecule has 0 aliphatic rings. The minimum absolute atomic E-state index is 0.0866. The Morgan fingerprint density at radius 3 is 2.86 bits per heavy atom. The molecule has 1 N–H and O–H groups in total. The number of hydrogen-bond acceptors (Lipinski definition) is 5. The monoisotopic (exact) mass is 214 g/mol. The van der Waals surface area contributed by atoms with Crippen molar-refractivity contribution in [3.63, 3.8) is 0 Å². The summed E-state index contributed by atoms with van der Waals surface area (Å²) < 4.78 is 4.75. The lowest BCUT2D eigenvalue weighted by atomic mass is 10.5. The molecule has 0 bridgehead atoms. The summed E-state index contributed by atoms with van der Waals surface area (Å²) in [6.45, 7) is 3.14. The molecule has 0 aliphatic carbocycles. The molecule has 0 atom stereocenters. The van der Waals surface area contributed by atoms with Crippen LogP contribution in [-0.2, 0) is 9.59 Å². The Morgan fingerprint density at radius 1 is 1.64 bits per heavy atom. The van der Waals surface area contributed by atoms with Crippen LogP contribution in [0, 0.1) is 6.92 Å². The van der Waals surface area contributed by atoms with Crippen LogP contribution in [0.4, 0.5) is 5.82 Å². The van der Waals surface area contributed by atoms with Crippen LogP contribution >= 0.6 is 11.8 Å². The van der Waals surface area contributed by atoms with E-state index >= 15 is 0 Å². The quantitative estimate of drug-likeness (QED) is 0.818. The third-order valence-corrected chi connectivity index (χ3v) is 2.12. The fourth-order valence-electron chi connectivity index (χ4n) is 0.771. The molecule has 6 heteroatoms. The van der Waals surface area contributed by atoms with E-state index in [0.717, 1.165) is 11.8 Å². The first-order chi connectivity index (χ1) is 6.58. The molecule has 0 aliphatic heterocycles. The second-order valence-corrected chi connectivity index (χ2v) is 3.80. The fourth-order valence-corrected chi connectivity index (χ4v) is 1.18. The zero-order chi connectivity index (χ0) is 10.6. The maximum Gasteiger partial charge on any atom is 0.236 e. The summed E-state index contributed by atoms with van der Waals surface area (Å²) in [5, 5.41) is 6.00. The molecule has 0 unspecified atom stereocenters. The summed E-state index contributed by atoms with van der Waals surface area (Å²) in [6.07, 6.45) is 0. The van der Waals surface area contributed by atoms with Gasteiger partial charge in [0.2, 0.25) is 5.91 Å². The maximum atomic E-state index is 11.2. The third kappa shape index (κ3) is 3.61. The second-order valence-electron chi connectivity index (χ2n) is 2.65. The first-order valence-corrected chi connectivity index (χ1v) is 4.93. The predicted molar refractivity (Wildman–Crippen MR) is 53.0 cm³/mol. The molecule has 0 fully saturated rings. The smallest absolute Gasteiger partial charge is 0.236 e. The number of rotatable bonds is 3. The zero-order valence-corrected chi connectivity index (χ0v) is 8.68. The number of aromatic nitrogens is 1. The van der Waals surface area contributed by atoms with Crippen molar-refractivity contribution >= 4 is 28.6 Å². The maximum absolute atomic E-state index is 11.2. The SMILES string of the molecule is CC(=O)SCC(=O)Nc1cc(C)on1. The number of anilines is 1. The van der Waals surface area contributed by atoms with E-state index in [2.05, 4.69) is 10.5 Å². The van der Waals surface area contributed by atoms with Gasteiger partial charge in [0, 0.05) is 13.0 Å². The van der Waals surface area contributed by atoms with E-state index in [1.165, 1.54) is 6.92 Å². The number of amides is 1. The molecule has 1 amide bonds. The third-order valence-electron chi connectivity index (χ3n) is 1.30. The van der Waals surface area contributed by atoms with Crippen LogP contribution in [0.3, 0.4) is 0 Å². The average molecular weight is 214 g/mol. The molecule has 0 radical (unpaired) electrons. The first-order valence-electron chi connectivity index (χ1n) is 3.94. The second kappa shape index (κ2) is 4.80. The van der Waals surface area contributed by atoms with Gasteiger partial charge in [0.1, 0.15) is 5.76 Å². The molecule has 0 saturated carbocycles. The van der Waals surface area contributed by atoms with Crippen molar-refractivity contribution in [3.8, 4) is 0 Å². The summed E-state index contributed by atoms with van der Waals surface area (Å²) in [6, 6.07) is 1.61. The molecule has 5 nitrogen and oxygen atoms in total. The van der Waals surface area contributed by atoms with Crippen LogP contribution in [0.2, 0.25) is 0 Å². The van der Waals surface area contributed by atoms with Crippen LogP contribution in [0.25, 0.3) is 0 Å². The van der Waals surface area contributed by atoms with Gasteiger partial charge in [-0.1, -0.05) is 16.9 Å². The number of carbonyl (C=O) groups excluding carboxylic acids is 2. The Kier molecular flexibility index (Phi) is 3.70. The summed E-state index contributed by atoms with van der Waals surface area (Å²) in [5.41, 5.74) is 0. The van der Waals surface area contributed by atoms with Crippen LogP contribution < -0.4 is 5.32 Å². The minimum atomic E-state index is -0.265. The van der Waals surface area contributed by atoms with E-state index in [9.17, 15) is 9.59 Å². The van der Waals surface area contributed by atoms with Crippen LogP contribution in [0.15, 0.2) is 10.6 Å². The largest absolute Gasteiger partial charge is 0.360 e. The molecule has 0 spiro atoms. The topological polar surface area (TPSA) is 72.2 Å². The zero-order valence-electron chi connectivity index (χ0n) is 7.86. The molecule has 0 saturated heterocycles. The fraction of sp³-hybridized carbons (Fsp3) is 0.375. The lowest BCUT2D eigenvalue weighted by Crippen LogP contribution is -2.14. The normalized spacial score (nSPS) is 9.86. The van der Waals surface area contributed by atoms with Crippen molar-refractivity contribution in [3.05, 3.63) is 11.8 Å². The molecule has 1 aromatic heterocycles. The molecule has 14 heavy (non-hydrogen) atoms. The van der Waals surface area contributed by atoms with E-state index in [4.69, 9.17) is 4.52 Å². The van der Waals surface area contributed by atoms with Crippen molar-refractivity contribution in [2.45, 2.75) is 13.8 Å². The molecular weight excluding hydrogens is 204 g/mol. The number of nitrogens with zero attached hydrogens (tertiary/aromatic N) is 1. The van der Waals surface area contributed by atoms with Gasteiger partial charge in [-0.05, 0) is 6.92 Å². The summed E-state index contributed by atoms with van der Waals surface area (Å²) >= 11 is 0.956. The highest BCUT2D eigenvalue weighted by Crippen LogP contribution is 2.08. The van der Waals surface area contributed by atoms with Crippen molar-refractivity contribution in [2.75, 3.05) is 11.1 Å². The van der Waals surface area contributed by atoms with E-state index in [1.807, 2.05) is 0 Å². The van der Waals surface area contributed by atoms with Crippen molar-refractivity contribution in [1.82, 2.24) is 5.16 Å². The summed E-state index contributed by atoms with van der Waals surface area (Å²) in [7, 11) is 0. The van der Waals surface area contributed by atoms with Gasteiger partial charge >= 0.3 is 0 Å². The number of thioether (sulfide) groups is 1. The molecule has 76 valence electrons. The number of aryl methyl sites for hydroxylation is 1. The van der Waals surface area contributed by atoms with E-state index in [0.29, 0.717) is 11.6 Å². The molecule has 1 aromatic rings. The lowest BCUT2D eigenvalue weighted by molar-refractivity contribution is -0.114. The molecular formula is C8H10N2O3S.